The van der Waals surface area contributed by atoms with Gasteiger partial charge in [-0.2, -0.15) is 0 Å². The Kier molecular flexibility index (Phi) is 4.85. The molecular formula is C20H13FO4. The average Bonchev–Trinajstić information content (AvgIpc) is 3.16. The molecule has 0 unspecified atom stereocenters. The van der Waals surface area contributed by atoms with Crippen LogP contribution in [0, 0.1) is 5.82 Å². The van der Waals surface area contributed by atoms with Gasteiger partial charge in [0.25, 0.3) is 0 Å². The molecule has 0 radical (unpaired) electrons. The lowest BCUT2D eigenvalue weighted by Gasteiger charge is -2.02. The molecule has 0 saturated heterocycles. The van der Waals surface area contributed by atoms with E-state index in [1.165, 1.54) is 42.7 Å². The molecule has 0 amide bonds. The number of carbonyl (C=O) groups is 2. The molecule has 0 bridgehead atoms. The molecule has 25 heavy (non-hydrogen) atoms. The van der Waals surface area contributed by atoms with Crippen LogP contribution in [0.15, 0.2) is 77.4 Å². The largest absolute Gasteiger partial charge is 0.457 e. The van der Waals surface area contributed by atoms with E-state index in [-0.39, 0.29) is 17.4 Å². The number of furan rings is 1. The molecule has 5 heteroatoms. The van der Waals surface area contributed by atoms with Crippen molar-refractivity contribution in [1.29, 1.82) is 0 Å². The van der Waals surface area contributed by atoms with E-state index in [0.717, 1.165) is 5.56 Å². The monoisotopic (exact) mass is 336 g/mol. The number of esters is 1. The summed E-state index contributed by atoms with van der Waals surface area (Å²) >= 11 is 0. The highest BCUT2D eigenvalue weighted by atomic mass is 19.1. The standard InChI is InChI=1S/C20H13FO4/c21-16-8-6-15(7-9-16)18(22)12-5-14-3-10-17(11-4-14)25-20(23)19-2-1-13-24-19/h1-13H/b12-5+. The number of carbonyl (C=O) groups excluding carboxylic acids is 2. The van der Waals surface area contributed by atoms with Gasteiger partial charge in [0.2, 0.25) is 5.76 Å². The van der Waals surface area contributed by atoms with Gasteiger partial charge < -0.3 is 9.15 Å². The highest BCUT2D eigenvalue weighted by molar-refractivity contribution is 6.06. The Bertz CT molecular complexity index is 892. The van der Waals surface area contributed by atoms with Crippen LogP contribution in [-0.2, 0) is 0 Å². The van der Waals surface area contributed by atoms with Crippen molar-refractivity contribution in [3.63, 3.8) is 0 Å². The molecule has 0 saturated carbocycles. The van der Waals surface area contributed by atoms with Crippen molar-refractivity contribution in [3.05, 3.63) is 95.7 Å². The number of ether oxygens (including phenoxy) is 1. The van der Waals surface area contributed by atoms with Gasteiger partial charge in [-0.3, -0.25) is 4.79 Å². The zero-order valence-electron chi connectivity index (χ0n) is 13.0. The van der Waals surface area contributed by atoms with E-state index in [0.29, 0.717) is 11.3 Å². The molecule has 0 atom stereocenters. The molecular weight excluding hydrogens is 323 g/mol. The van der Waals surface area contributed by atoms with Crippen LogP contribution in [0.4, 0.5) is 4.39 Å². The highest BCUT2D eigenvalue weighted by Gasteiger charge is 2.10. The third-order valence-electron chi connectivity index (χ3n) is 3.37. The fourth-order valence-electron chi connectivity index (χ4n) is 2.08. The van der Waals surface area contributed by atoms with Crippen LogP contribution in [0.1, 0.15) is 26.5 Å². The molecule has 3 aromatic rings. The summed E-state index contributed by atoms with van der Waals surface area (Å²) in [6.07, 6.45) is 4.42. The maximum Gasteiger partial charge on any atom is 0.379 e. The smallest absolute Gasteiger partial charge is 0.379 e. The molecule has 2 aromatic carbocycles. The Hall–Kier alpha value is -3.47. The summed E-state index contributed by atoms with van der Waals surface area (Å²) in [5.41, 5.74) is 1.16. The van der Waals surface area contributed by atoms with Gasteiger partial charge in [-0.05, 0) is 60.2 Å². The summed E-state index contributed by atoms with van der Waals surface area (Å²) in [7, 11) is 0. The number of halogens is 1. The van der Waals surface area contributed by atoms with Gasteiger partial charge in [-0.15, -0.1) is 0 Å². The van der Waals surface area contributed by atoms with Crippen molar-refractivity contribution in [3.8, 4) is 5.75 Å². The Morgan fingerprint density at radius 3 is 2.32 bits per heavy atom. The molecule has 0 spiro atoms. The van der Waals surface area contributed by atoms with Crippen LogP contribution in [0.3, 0.4) is 0 Å². The zero-order valence-corrected chi connectivity index (χ0v) is 13.0. The van der Waals surface area contributed by atoms with E-state index >= 15 is 0 Å². The van der Waals surface area contributed by atoms with Crippen molar-refractivity contribution >= 4 is 17.8 Å². The minimum Gasteiger partial charge on any atom is -0.457 e. The summed E-state index contributed by atoms with van der Waals surface area (Å²) in [5, 5.41) is 0. The minimum absolute atomic E-state index is 0.119. The molecule has 0 aliphatic carbocycles. The van der Waals surface area contributed by atoms with Crippen LogP contribution in [0.5, 0.6) is 5.75 Å². The lowest BCUT2D eigenvalue weighted by Crippen LogP contribution is -2.06. The van der Waals surface area contributed by atoms with E-state index in [1.54, 1.807) is 36.4 Å². The number of ketones is 1. The molecule has 0 N–H and O–H groups in total. The predicted octanol–water partition coefficient (Wildman–Crippen LogP) is 4.53. The second kappa shape index (κ2) is 7.40. The number of benzene rings is 2. The number of hydrogen-bond acceptors (Lipinski definition) is 4. The molecule has 0 aliphatic heterocycles. The van der Waals surface area contributed by atoms with Crippen LogP contribution in [-0.4, -0.2) is 11.8 Å². The second-order valence-corrected chi connectivity index (χ2v) is 5.14. The SMILES string of the molecule is O=C(/C=C/c1ccc(OC(=O)c2ccco2)cc1)c1ccc(F)cc1. The van der Waals surface area contributed by atoms with Crippen LogP contribution in [0.2, 0.25) is 0 Å². The molecule has 4 nitrogen and oxygen atoms in total. The Labute approximate surface area is 143 Å². The summed E-state index contributed by atoms with van der Waals surface area (Å²) < 4.78 is 23.0. The summed E-state index contributed by atoms with van der Waals surface area (Å²) in [5.74, 6) is -0.717. The van der Waals surface area contributed by atoms with Gasteiger partial charge in [-0.25, -0.2) is 9.18 Å². The van der Waals surface area contributed by atoms with E-state index in [9.17, 15) is 14.0 Å². The summed E-state index contributed by atoms with van der Waals surface area (Å²) in [6.45, 7) is 0. The first-order valence-corrected chi connectivity index (χ1v) is 7.45. The van der Waals surface area contributed by atoms with Crippen molar-refractivity contribution in [2.45, 2.75) is 0 Å². The normalized spacial score (nSPS) is 10.8. The Morgan fingerprint density at radius 1 is 0.960 bits per heavy atom. The third-order valence-corrected chi connectivity index (χ3v) is 3.37. The van der Waals surface area contributed by atoms with E-state index in [4.69, 9.17) is 9.15 Å². The minimum atomic E-state index is -0.584. The Morgan fingerprint density at radius 2 is 1.68 bits per heavy atom. The van der Waals surface area contributed by atoms with Gasteiger partial charge in [-0.1, -0.05) is 18.2 Å². The second-order valence-electron chi connectivity index (χ2n) is 5.14. The maximum absolute atomic E-state index is 12.8. The van der Waals surface area contributed by atoms with Gasteiger partial charge in [0.05, 0.1) is 6.26 Å². The van der Waals surface area contributed by atoms with Crippen molar-refractivity contribution in [2.24, 2.45) is 0 Å². The van der Waals surface area contributed by atoms with Crippen molar-refractivity contribution in [2.75, 3.05) is 0 Å². The van der Waals surface area contributed by atoms with Gasteiger partial charge >= 0.3 is 5.97 Å². The highest BCUT2D eigenvalue weighted by Crippen LogP contribution is 2.16. The Balaban J connectivity index is 1.63. The quantitative estimate of drug-likeness (QED) is 0.297. The number of hydrogen-bond donors (Lipinski definition) is 0. The molecule has 0 fully saturated rings. The summed E-state index contributed by atoms with van der Waals surface area (Å²) in [6, 6.07) is 15.1. The van der Waals surface area contributed by atoms with Gasteiger partial charge in [0, 0.05) is 5.56 Å². The molecule has 1 aromatic heterocycles. The lowest BCUT2D eigenvalue weighted by molar-refractivity contribution is 0.0701. The summed E-state index contributed by atoms with van der Waals surface area (Å²) in [4.78, 5) is 23.7. The van der Waals surface area contributed by atoms with Gasteiger partial charge in [0.15, 0.2) is 5.78 Å². The van der Waals surface area contributed by atoms with Crippen LogP contribution < -0.4 is 4.74 Å². The molecule has 1 heterocycles. The zero-order chi connectivity index (χ0) is 17.6. The first kappa shape index (κ1) is 16.4. The van der Waals surface area contributed by atoms with E-state index in [1.807, 2.05) is 0 Å². The van der Waals surface area contributed by atoms with Crippen LogP contribution >= 0.6 is 0 Å². The first-order chi connectivity index (χ1) is 12.1. The fourth-order valence-corrected chi connectivity index (χ4v) is 2.08. The van der Waals surface area contributed by atoms with E-state index in [2.05, 4.69) is 0 Å². The molecule has 0 aliphatic rings. The number of rotatable bonds is 5. The van der Waals surface area contributed by atoms with Crippen molar-refractivity contribution in [1.82, 2.24) is 0 Å². The fraction of sp³-hybridized carbons (Fsp3) is 0. The first-order valence-electron chi connectivity index (χ1n) is 7.45. The van der Waals surface area contributed by atoms with Crippen molar-refractivity contribution < 1.29 is 23.1 Å². The van der Waals surface area contributed by atoms with Gasteiger partial charge in [0.1, 0.15) is 11.6 Å². The topological polar surface area (TPSA) is 56.5 Å². The van der Waals surface area contributed by atoms with Crippen LogP contribution in [0.25, 0.3) is 6.08 Å². The van der Waals surface area contributed by atoms with E-state index < -0.39 is 5.97 Å². The third kappa shape index (κ3) is 4.29. The maximum atomic E-state index is 12.8. The average molecular weight is 336 g/mol. The number of allylic oxidation sites excluding steroid dienone is 1. The molecule has 124 valence electrons. The lowest BCUT2D eigenvalue weighted by atomic mass is 10.1. The molecule has 3 rings (SSSR count). The predicted molar refractivity (Wildman–Crippen MR) is 89.9 cm³/mol.